The predicted molar refractivity (Wildman–Crippen MR) is 89.5 cm³/mol. The first-order chi connectivity index (χ1) is 11.6. The van der Waals surface area contributed by atoms with Gasteiger partial charge in [0, 0.05) is 5.69 Å². The van der Waals surface area contributed by atoms with E-state index in [0.717, 1.165) is 11.3 Å². The number of anilines is 1. The highest BCUT2D eigenvalue weighted by molar-refractivity contribution is 6.32. The largest absolute Gasteiger partial charge is 0.482 e. The second kappa shape index (κ2) is 7.10. The van der Waals surface area contributed by atoms with Gasteiger partial charge in [-0.25, -0.2) is 4.68 Å². The number of nitrogens with one attached hydrogen (secondary N) is 1. The molecule has 0 aliphatic heterocycles. The van der Waals surface area contributed by atoms with E-state index in [2.05, 4.69) is 20.8 Å². The second-order valence-corrected chi connectivity index (χ2v) is 5.43. The lowest BCUT2D eigenvalue weighted by Crippen LogP contribution is -2.20. The molecule has 122 valence electrons. The number of para-hydroxylation sites is 1. The lowest BCUT2D eigenvalue weighted by Gasteiger charge is -2.10. The molecule has 0 saturated carbocycles. The topological polar surface area (TPSA) is 81.9 Å². The zero-order valence-electron chi connectivity index (χ0n) is 12.8. The standard InChI is InChI=1S/C16H14ClN5O2/c1-11-8-12(6-7-14(11)22-10-18-20-21-22)19-16(23)9-24-15-5-3-2-4-13(15)17/h2-8,10H,9H2,1H3,(H,19,23). The van der Waals surface area contributed by atoms with E-state index in [1.165, 1.54) is 6.33 Å². The van der Waals surface area contributed by atoms with Gasteiger partial charge in [-0.15, -0.1) is 5.10 Å². The van der Waals surface area contributed by atoms with Gasteiger partial charge in [-0.2, -0.15) is 0 Å². The Morgan fingerprint density at radius 3 is 2.83 bits per heavy atom. The van der Waals surface area contributed by atoms with Crippen molar-refractivity contribution in [3.63, 3.8) is 0 Å². The number of hydrogen-bond donors (Lipinski definition) is 1. The van der Waals surface area contributed by atoms with E-state index in [1.54, 1.807) is 35.0 Å². The minimum Gasteiger partial charge on any atom is -0.482 e. The molecule has 0 fully saturated rings. The fraction of sp³-hybridized carbons (Fsp3) is 0.125. The van der Waals surface area contributed by atoms with Crippen LogP contribution < -0.4 is 10.1 Å². The van der Waals surface area contributed by atoms with Crippen molar-refractivity contribution in [2.75, 3.05) is 11.9 Å². The summed E-state index contributed by atoms with van der Waals surface area (Å²) in [5.41, 5.74) is 2.43. The van der Waals surface area contributed by atoms with Gasteiger partial charge in [0.2, 0.25) is 0 Å². The third-order valence-electron chi connectivity index (χ3n) is 3.27. The molecule has 0 atom stereocenters. The van der Waals surface area contributed by atoms with E-state index in [1.807, 2.05) is 19.1 Å². The summed E-state index contributed by atoms with van der Waals surface area (Å²) in [5.74, 6) is 0.198. The summed E-state index contributed by atoms with van der Waals surface area (Å²) in [7, 11) is 0. The van der Waals surface area contributed by atoms with Gasteiger partial charge >= 0.3 is 0 Å². The van der Waals surface area contributed by atoms with Gasteiger partial charge in [0.15, 0.2) is 6.61 Å². The second-order valence-electron chi connectivity index (χ2n) is 5.02. The van der Waals surface area contributed by atoms with Crippen LogP contribution in [0.2, 0.25) is 5.02 Å². The molecule has 24 heavy (non-hydrogen) atoms. The summed E-state index contributed by atoms with van der Waals surface area (Å²) in [6.45, 7) is 1.78. The lowest BCUT2D eigenvalue weighted by atomic mass is 10.2. The van der Waals surface area contributed by atoms with Crippen LogP contribution >= 0.6 is 11.6 Å². The van der Waals surface area contributed by atoms with Crippen LogP contribution in [0.15, 0.2) is 48.8 Å². The predicted octanol–water partition coefficient (Wildman–Crippen LogP) is 2.64. The highest BCUT2D eigenvalue weighted by atomic mass is 35.5. The zero-order valence-corrected chi connectivity index (χ0v) is 13.6. The number of carbonyl (C=O) groups is 1. The third-order valence-corrected chi connectivity index (χ3v) is 3.58. The summed E-state index contributed by atoms with van der Waals surface area (Å²) >= 11 is 5.98. The van der Waals surface area contributed by atoms with Crippen molar-refractivity contribution in [1.29, 1.82) is 0 Å². The van der Waals surface area contributed by atoms with Gasteiger partial charge in [-0.05, 0) is 53.2 Å². The molecule has 0 aliphatic rings. The molecule has 8 heteroatoms. The Bertz CT molecular complexity index is 851. The monoisotopic (exact) mass is 343 g/mol. The number of rotatable bonds is 5. The quantitative estimate of drug-likeness (QED) is 0.770. The van der Waals surface area contributed by atoms with Crippen molar-refractivity contribution in [3.8, 4) is 11.4 Å². The van der Waals surface area contributed by atoms with Gasteiger partial charge in [0.25, 0.3) is 5.91 Å². The minimum absolute atomic E-state index is 0.127. The SMILES string of the molecule is Cc1cc(NC(=O)COc2ccccc2Cl)ccc1-n1cnnn1. The van der Waals surface area contributed by atoms with Crippen LogP contribution in [-0.2, 0) is 4.79 Å². The number of tetrazole rings is 1. The number of nitrogens with zero attached hydrogens (tertiary/aromatic N) is 4. The Morgan fingerprint density at radius 1 is 1.29 bits per heavy atom. The van der Waals surface area contributed by atoms with Crippen LogP contribution in [0.1, 0.15) is 5.56 Å². The third kappa shape index (κ3) is 3.69. The first-order valence-electron chi connectivity index (χ1n) is 7.14. The van der Waals surface area contributed by atoms with Crippen molar-refractivity contribution >= 4 is 23.2 Å². The lowest BCUT2D eigenvalue weighted by molar-refractivity contribution is -0.118. The fourth-order valence-electron chi connectivity index (χ4n) is 2.16. The normalized spacial score (nSPS) is 10.4. The maximum atomic E-state index is 12.0. The van der Waals surface area contributed by atoms with Gasteiger partial charge < -0.3 is 10.1 Å². The highest BCUT2D eigenvalue weighted by Crippen LogP contribution is 2.23. The molecule has 3 aromatic rings. The van der Waals surface area contributed by atoms with Crippen molar-refractivity contribution in [1.82, 2.24) is 20.2 Å². The van der Waals surface area contributed by atoms with Crippen LogP contribution in [-0.4, -0.2) is 32.7 Å². The molecule has 7 nitrogen and oxygen atoms in total. The number of aryl methyl sites for hydroxylation is 1. The summed E-state index contributed by atoms with van der Waals surface area (Å²) in [6, 6.07) is 12.4. The summed E-state index contributed by atoms with van der Waals surface area (Å²) in [4.78, 5) is 12.0. The van der Waals surface area contributed by atoms with Crippen molar-refractivity contribution in [3.05, 3.63) is 59.4 Å². The van der Waals surface area contributed by atoms with Gasteiger partial charge in [-0.1, -0.05) is 23.7 Å². The molecule has 3 rings (SSSR count). The van der Waals surface area contributed by atoms with Crippen LogP contribution in [0, 0.1) is 6.92 Å². The molecule has 0 saturated heterocycles. The fourth-order valence-corrected chi connectivity index (χ4v) is 2.35. The summed E-state index contributed by atoms with van der Waals surface area (Å²) in [5, 5.41) is 14.3. The number of carbonyl (C=O) groups excluding carboxylic acids is 1. The number of benzene rings is 2. The van der Waals surface area contributed by atoms with Crippen LogP contribution in [0.3, 0.4) is 0 Å². The van der Waals surface area contributed by atoms with Crippen LogP contribution in [0.4, 0.5) is 5.69 Å². The summed E-state index contributed by atoms with van der Waals surface area (Å²) in [6.07, 6.45) is 1.51. The van der Waals surface area contributed by atoms with E-state index in [4.69, 9.17) is 16.3 Å². The zero-order chi connectivity index (χ0) is 16.9. The van der Waals surface area contributed by atoms with Crippen molar-refractivity contribution in [2.24, 2.45) is 0 Å². The average Bonchev–Trinajstić information content (AvgIpc) is 3.08. The molecule has 2 aromatic carbocycles. The van der Waals surface area contributed by atoms with Crippen molar-refractivity contribution < 1.29 is 9.53 Å². The first kappa shape index (κ1) is 15.9. The van der Waals surface area contributed by atoms with Crippen molar-refractivity contribution in [2.45, 2.75) is 6.92 Å². The minimum atomic E-state index is -0.274. The number of amides is 1. The molecule has 0 spiro atoms. The molecule has 1 heterocycles. The number of aromatic nitrogens is 4. The number of halogens is 1. The van der Waals surface area contributed by atoms with Gasteiger partial charge in [-0.3, -0.25) is 4.79 Å². The average molecular weight is 344 g/mol. The Kier molecular flexibility index (Phi) is 4.72. The van der Waals surface area contributed by atoms with E-state index in [-0.39, 0.29) is 12.5 Å². The Balaban J connectivity index is 1.62. The summed E-state index contributed by atoms with van der Waals surface area (Å²) < 4.78 is 6.97. The van der Waals surface area contributed by atoms with E-state index < -0.39 is 0 Å². The van der Waals surface area contributed by atoms with Crippen LogP contribution in [0.25, 0.3) is 5.69 Å². The van der Waals surface area contributed by atoms with Gasteiger partial charge in [0.1, 0.15) is 12.1 Å². The molecule has 0 aliphatic carbocycles. The molecule has 0 radical (unpaired) electrons. The molecular weight excluding hydrogens is 330 g/mol. The first-order valence-corrected chi connectivity index (χ1v) is 7.52. The maximum absolute atomic E-state index is 12.0. The maximum Gasteiger partial charge on any atom is 0.262 e. The molecule has 1 N–H and O–H groups in total. The van der Waals surface area contributed by atoms with E-state index >= 15 is 0 Å². The molecule has 1 aromatic heterocycles. The molecular formula is C16H14ClN5O2. The Hall–Kier alpha value is -2.93. The Morgan fingerprint density at radius 2 is 2.12 bits per heavy atom. The van der Waals surface area contributed by atoms with Crippen LogP contribution in [0.5, 0.6) is 5.75 Å². The van der Waals surface area contributed by atoms with E-state index in [0.29, 0.717) is 16.5 Å². The molecule has 0 unspecified atom stereocenters. The number of hydrogen-bond acceptors (Lipinski definition) is 5. The molecule has 1 amide bonds. The number of ether oxygens (including phenoxy) is 1. The van der Waals surface area contributed by atoms with Gasteiger partial charge in [0.05, 0.1) is 10.7 Å². The van der Waals surface area contributed by atoms with E-state index in [9.17, 15) is 4.79 Å². The molecule has 0 bridgehead atoms. The Labute approximate surface area is 143 Å². The highest BCUT2D eigenvalue weighted by Gasteiger charge is 2.08. The smallest absolute Gasteiger partial charge is 0.262 e.